The summed E-state index contributed by atoms with van der Waals surface area (Å²) in [5, 5.41) is 21.0. The Morgan fingerprint density at radius 2 is 2.21 bits per heavy atom. The molecule has 1 fully saturated rings. The Hall–Kier alpha value is -1.93. The number of hydrogen-bond acceptors (Lipinski definition) is 5. The first-order valence-corrected chi connectivity index (χ1v) is 5.86. The summed E-state index contributed by atoms with van der Waals surface area (Å²) in [6, 6.07) is -0.410. The topological polar surface area (TPSA) is 133 Å². The number of β-lactam (4-membered cyclic amide) rings is 1. The van der Waals surface area contributed by atoms with Crippen LogP contribution in [0, 0.1) is 5.92 Å². The second kappa shape index (κ2) is 4.63. The minimum Gasteiger partial charge on any atom is -0.477 e. The highest BCUT2D eigenvalue weighted by molar-refractivity contribution is 6.00. The zero-order valence-electron chi connectivity index (χ0n) is 10.3. The molecular formula is C11H15N3O5. The molecule has 2 rings (SSSR count). The van der Waals surface area contributed by atoms with Gasteiger partial charge in [0.2, 0.25) is 11.8 Å². The molecule has 0 aromatic carbocycles. The van der Waals surface area contributed by atoms with E-state index in [0.717, 1.165) is 4.90 Å². The van der Waals surface area contributed by atoms with Crippen molar-refractivity contribution in [2.75, 3.05) is 6.54 Å². The van der Waals surface area contributed by atoms with E-state index in [1.165, 1.54) is 6.92 Å². The molecule has 2 aliphatic rings. The van der Waals surface area contributed by atoms with Crippen LogP contribution in [0.15, 0.2) is 11.4 Å². The van der Waals surface area contributed by atoms with Crippen LogP contribution in [0.5, 0.6) is 0 Å². The van der Waals surface area contributed by atoms with E-state index in [9.17, 15) is 19.5 Å². The van der Waals surface area contributed by atoms with Crippen LogP contribution in [0.3, 0.4) is 0 Å². The van der Waals surface area contributed by atoms with Crippen LogP contribution in [0.25, 0.3) is 0 Å². The lowest BCUT2D eigenvalue weighted by atomic mass is 9.83. The SMILES string of the molecule is C[C@@H](O)[C@H]1C(=O)N2C(C(=O)O)=C(NC(=O)CN)C[C@H]12. The van der Waals surface area contributed by atoms with E-state index in [-0.39, 0.29) is 24.4 Å². The molecule has 0 aromatic rings. The number of aliphatic hydroxyl groups is 1. The quantitative estimate of drug-likeness (QED) is 0.435. The van der Waals surface area contributed by atoms with Crippen molar-refractivity contribution in [3.8, 4) is 0 Å². The van der Waals surface area contributed by atoms with Crippen LogP contribution >= 0.6 is 0 Å². The van der Waals surface area contributed by atoms with Crippen LogP contribution < -0.4 is 11.1 Å². The number of nitrogens with zero attached hydrogens (tertiary/aromatic N) is 1. The van der Waals surface area contributed by atoms with Gasteiger partial charge in [-0.05, 0) is 6.92 Å². The highest BCUT2D eigenvalue weighted by Crippen LogP contribution is 2.42. The molecular weight excluding hydrogens is 254 g/mol. The highest BCUT2D eigenvalue weighted by Gasteiger charge is 2.56. The monoisotopic (exact) mass is 269 g/mol. The van der Waals surface area contributed by atoms with E-state index >= 15 is 0 Å². The van der Waals surface area contributed by atoms with Crippen molar-refractivity contribution >= 4 is 17.8 Å². The average molecular weight is 269 g/mol. The Balaban J connectivity index is 2.26. The minimum atomic E-state index is -1.28. The third-order valence-electron chi connectivity index (χ3n) is 3.41. The standard InChI is InChI=1S/C11H15N3O5/c1-4(15)8-6-2-5(13-7(16)3-12)9(11(18)19)14(6)10(8)17/h4,6,8,15H,2-3,12H2,1H3,(H,13,16)(H,18,19)/t4-,6-,8-/m1/s1. The highest BCUT2D eigenvalue weighted by atomic mass is 16.4. The molecule has 5 N–H and O–H groups in total. The van der Waals surface area contributed by atoms with E-state index in [4.69, 9.17) is 10.8 Å². The molecule has 104 valence electrons. The number of rotatable bonds is 4. The summed E-state index contributed by atoms with van der Waals surface area (Å²) in [7, 11) is 0. The van der Waals surface area contributed by atoms with Crippen LogP contribution in [0.4, 0.5) is 0 Å². The second-order valence-electron chi connectivity index (χ2n) is 4.63. The number of carbonyl (C=O) groups is 3. The molecule has 19 heavy (non-hydrogen) atoms. The summed E-state index contributed by atoms with van der Waals surface area (Å²) in [6.45, 7) is 1.21. The van der Waals surface area contributed by atoms with Gasteiger partial charge in [-0.1, -0.05) is 0 Å². The van der Waals surface area contributed by atoms with Gasteiger partial charge in [-0.25, -0.2) is 4.79 Å². The zero-order chi connectivity index (χ0) is 14.3. The van der Waals surface area contributed by atoms with Gasteiger partial charge in [0, 0.05) is 6.42 Å². The first-order valence-electron chi connectivity index (χ1n) is 5.86. The van der Waals surface area contributed by atoms with E-state index < -0.39 is 35.8 Å². The first kappa shape index (κ1) is 13.5. The van der Waals surface area contributed by atoms with Crippen molar-refractivity contribution in [3.05, 3.63) is 11.4 Å². The van der Waals surface area contributed by atoms with Gasteiger partial charge in [0.15, 0.2) is 0 Å². The fourth-order valence-electron chi connectivity index (χ4n) is 2.60. The van der Waals surface area contributed by atoms with Gasteiger partial charge in [-0.3, -0.25) is 14.5 Å². The summed E-state index contributed by atoms with van der Waals surface area (Å²) in [6.07, 6.45) is -0.650. The summed E-state index contributed by atoms with van der Waals surface area (Å²) in [5.41, 5.74) is 5.10. The molecule has 0 radical (unpaired) electrons. The molecule has 8 nitrogen and oxygen atoms in total. The lowest BCUT2D eigenvalue weighted by Crippen LogP contribution is -2.61. The number of hydrogen-bond donors (Lipinski definition) is 4. The average Bonchev–Trinajstić information content (AvgIpc) is 2.63. The molecule has 3 atom stereocenters. The third-order valence-corrected chi connectivity index (χ3v) is 3.41. The summed E-state index contributed by atoms with van der Waals surface area (Å²) in [4.78, 5) is 35.4. The van der Waals surface area contributed by atoms with E-state index in [1.807, 2.05) is 0 Å². The van der Waals surface area contributed by atoms with Gasteiger partial charge in [-0.15, -0.1) is 0 Å². The van der Waals surface area contributed by atoms with Crippen molar-refractivity contribution in [2.45, 2.75) is 25.5 Å². The van der Waals surface area contributed by atoms with Crippen LogP contribution in [0.1, 0.15) is 13.3 Å². The molecule has 2 aliphatic heterocycles. The molecule has 0 bridgehead atoms. The number of nitrogens with two attached hydrogens (primary N) is 1. The molecule has 0 saturated carbocycles. The molecule has 0 spiro atoms. The first-order chi connectivity index (χ1) is 8.88. The van der Waals surface area contributed by atoms with Gasteiger partial charge in [0.1, 0.15) is 5.70 Å². The number of aliphatic hydroxyl groups excluding tert-OH is 1. The number of carboxylic acids is 1. The second-order valence-corrected chi connectivity index (χ2v) is 4.63. The Morgan fingerprint density at radius 1 is 1.58 bits per heavy atom. The molecule has 0 unspecified atom stereocenters. The fraction of sp³-hybridized carbons (Fsp3) is 0.545. The van der Waals surface area contributed by atoms with Gasteiger partial charge < -0.3 is 21.3 Å². The minimum absolute atomic E-state index is 0.171. The normalized spacial score (nSPS) is 26.9. The van der Waals surface area contributed by atoms with Gasteiger partial charge >= 0.3 is 5.97 Å². The van der Waals surface area contributed by atoms with Gasteiger partial charge in [0.05, 0.1) is 30.3 Å². The lowest BCUT2D eigenvalue weighted by molar-refractivity contribution is -0.161. The summed E-state index contributed by atoms with van der Waals surface area (Å²) in [5.74, 6) is -2.86. The van der Waals surface area contributed by atoms with E-state index in [1.54, 1.807) is 0 Å². The molecule has 2 amide bonds. The lowest BCUT2D eigenvalue weighted by Gasteiger charge is -2.44. The number of nitrogens with one attached hydrogen (secondary N) is 1. The number of aliphatic carboxylic acids is 1. The zero-order valence-corrected chi connectivity index (χ0v) is 10.3. The van der Waals surface area contributed by atoms with Crippen LogP contribution in [-0.4, -0.2) is 51.6 Å². The van der Waals surface area contributed by atoms with E-state index in [0.29, 0.717) is 0 Å². The maximum absolute atomic E-state index is 11.8. The fourth-order valence-corrected chi connectivity index (χ4v) is 2.60. The largest absolute Gasteiger partial charge is 0.477 e. The maximum atomic E-state index is 11.8. The van der Waals surface area contributed by atoms with Crippen LogP contribution in [-0.2, 0) is 14.4 Å². The Bertz CT molecular complexity index is 485. The smallest absolute Gasteiger partial charge is 0.354 e. The van der Waals surface area contributed by atoms with Crippen molar-refractivity contribution < 1.29 is 24.6 Å². The summed E-state index contributed by atoms with van der Waals surface area (Å²) < 4.78 is 0. The number of fused-ring (bicyclic) bond motifs is 1. The molecule has 0 aromatic heterocycles. The molecule has 8 heteroatoms. The maximum Gasteiger partial charge on any atom is 0.354 e. The van der Waals surface area contributed by atoms with Crippen LogP contribution in [0.2, 0.25) is 0 Å². The number of carboxylic acid groups (broad SMARTS) is 1. The van der Waals surface area contributed by atoms with Crippen molar-refractivity contribution in [1.29, 1.82) is 0 Å². The Morgan fingerprint density at radius 3 is 2.68 bits per heavy atom. The molecule has 0 aliphatic carbocycles. The molecule has 2 heterocycles. The van der Waals surface area contributed by atoms with Gasteiger partial charge in [-0.2, -0.15) is 0 Å². The van der Waals surface area contributed by atoms with Crippen molar-refractivity contribution in [3.63, 3.8) is 0 Å². The predicted molar refractivity (Wildman–Crippen MR) is 62.3 cm³/mol. The Kier molecular flexibility index (Phi) is 3.29. The third kappa shape index (κ3) is 1.98. The van der Waals surface area contributed by atoms with E-state index in [2.05, 4.69) is 5.32 Å². The Labute approximate surface area is 108 Å². The molecule has 1 saturated heterocycles. The van der Waals surface area contributed by atoms with Gasteiger partial charge in [0.25, 0.3) is 0 Å². The van der Waals surface area contributed by atoms with Crippen molar-refractivity contribution in [1.82, 2.24) is 10.2 Å². The summed E-state index contributed by atoms with van der Waals surface area (Å²) >= 11 is 0. The number of amides is 2. The predicted octanol–water partition coefficient (Wildman–Crippen LogP) is -2.03. The van der Waals surface area contributed by atoms with Crippen molar-refractivity contribution in [2.24, 2.45) is 11.7 Å². The number of carbonyl (C=O) groups excluding carboxylic acids is 2.